The van der Waals surface area contributed by atoms with Gasteiger partial charge in [-0.1, -0.05) is 6.07 Å². The number of carbonyl (C=O) groups is 1. The van der Waals surface area contributed by atoms with Crippen molar-refractivity contribution in [2.45, 2.75) is 38.5 Å². The number of carbonyl (C=O) groups excluding carboxylic acids is 1. The number of benzene rings is 1. The second-order valence-electron chi connectivity index (χ2n) is 8.53. The minimum atomic E-state index is -0.274. The van der Waals surface area contributed by atoms with Crippen molar-refractivity contribution in [3.8, 4) is 23.1 Å². The van der Waals surface area contributed by atoms with E-state index >= 15 is 0 Å². The Hall–Kier alpha value is -3.95. The lowest BCUT2D eigenvalue weighted by Crippen LogP contribution is -2.12. The third kappa shape index (κ3) is 5.81. The van der Waals surface area contributed by atoms with Crippen LogP contribution >= 0.6 is 0 Å². The standard InChI is InChI=1S/C26H29N3O7/c1-2-31-25(30)14-18(17-4-6-21-23(13-17)35-16-34-21)12-20-15-24(29-36-20)33-11-8-19-5-7-22-26(28-19)27-9-3-10-32-22/h4-7,13,15,18H,2-3,8-12,14,16H2,1H3,(H,27,28). The SMILES string of the molecule is CCOC(=O)CC(Cc1cc(OCCc2ccc3c(n2)NCCCO3)no1)c1ccc2c(c1)OCO2. The molecular weight excluding hydrogens is 466 g/mol. The van der Waals surface area contributed by atoms with Gasteiger partial charge < -0.3 is 33.5 Å². The Labute approximate surface area is 208 Å². The van der Waals surface area contributed by atoms with Gasteiger partial charge in [0.15, 0.2) is 23.1 Å². The van der Waals surface area contributed by atoms with Gasteiger partial charge in [-0.25, -0.2) is 4.98 Å². The molecule has 2 aliphatic rings. The van der Waals surface area contributed by atoms with E-state index in [1.807, 2.05) is 30.3 Å². The molecule has 10 heteroatoms. The van der Waals surface area contributed by atoms with Gasteiger partial charge in [0.25, 0.3) is 5.88 Å². The van der Waals surface area contributed by atoms with Gasteiger partial charge in [-0.05, 0) is 48.3 Å². The quantitative estimate of drug-likeness (QED) is 0.415. The lowest BCUT2D eigenvalue weighted by atomic mass is 9.91. The molecule has 0 aliphatic carbocycles. The number of ether oxygens (including phenoxy) is 5. The summed E-state index contributed by atoms with van der Waals surface area (Å²) in [7, 11) is 0. The van der Waals surface area contributed by atoms with Crippen molar-refractivity contribution in [3.05, 3.63) is 53.4 Å². The summed E-state index contributed by atoms with van der Waals surface area (Å²) in [5.41, 5.74) is 1.82. The summed E-state index contributed by atoms with van der Waals surface area (Å²) in [6.07, 6.45) is 2.21. The molecule has 1 atom stereocenters. The maximum atomic E-state index is 12.3. The Balaban J connectivity index is 1.20. The lowest BCUT2D eigenvalue weighted by molar-refractivity contribution is -0.143. The highest BCUT2D eigenvalue weighted by molar-refractivity contribution is 5.70. The van der Waals surface area contributed by atoms with E-state index in [2.05, 4.69) is 15.5 Å². The average molecular weight is 496 g/mol. The Kier molecular flexibility index (Phi) is 7.39. The van der Waals surface area contributed by atoms with Crippen molar-refractivity contribution in [1.82, 2.24) is 10.1 Å². The number of pyridine rings is 1. The van der Waals surface area contributed by atoms with Crippen LogP contribution in [0, 0.1) is 0 Å². The average Bonchev–Trinajstić information content (AvgIpc) is 3.47. The van der Waals surface area contributed by atoms with Gasteiger partial charge >= 0.3 is 5.97 Å². The van der Waals surface area contributed by atoms with Crippen LogP contribution in [0.4, 0.5) is 5.82 Å². The summed E-state index contributed by atoms with van der Waals surface area (Å²) in [6, 6.07) is 11.3. The van der Waals surface area contributed by atoms with Crippen molar-refractivity contribution in [2.24, 2.45) is 0 Å². The molecule has 0 bridgehead atoms. The molecule has 1 aromatic carbocycles. The summed E-state index contributed by atoms with van der Waals surface area (Å²) >= 11 is 0. The van der Waals surface area contributed by atoms with E-state index in [1.54, 1.807) is 13.0 Å². The molecule has 0 fully saturated rings. The first-order valence-corrected chi connectivity index (χ1v) is 12.2. The van der Waals surface area contributed by atoms with Crippen molar-refractivity contribution < 1.29 is 33.0 Å². The maximum Gasteiger partial charge on any atom is 0.306 e. The van der Waals surface area contributed by atoms with E-state index in [0.29, 0.717) is 55.8 Å². The van der Waals surface area contributed by atoms with E-state index in [1.165, 1.54) is 0 Å². The molecule has 0 spiro atoms. The molecule has 190 valence electrons. The molecule has 0 saturated heterocycles. The van der Waals surface area contributed by atoms with E-state index in [4.69, 9.17) is 28.2 Å². The van der Waals surface area contributed by atoms with Crippen LogP contribution in [0.1, 0.15) is 42.7 Å². The zero-order valence-electron chi connectivity index (χ0n) is 20.2. The Morgan fingerprint density at radius 2 is 2.00 bits per heavy atom. The Morgan fingerprint density at radius 3 is 2.92 bits per heavy atom. The molecule has 10 nitrogen and oxygen atoms in total. The number of rotatable bonds is 10. The summed E-state index contributed by atoms with van der Waals surface area (Å²) in [6.45, 7) is 4.23. The fraction of sp³-hybridized carbons (Fsp3) is 0.423. The molecule has 2 aromatic heterocycles. The topological polar surface area (TPSA) is 114 Å². The molecule has 1 unspecified atom stereocenters. The van der Waals surface area contributed by atoms with Gasteiger partial charge in [0.05, 0.1) is 26.2 Å². The number of hydrogen-bond donors (Lipinski definition) is 1. The molecule has 0 saturated carbocycles. The third-order valence-corrected chi connectivity index (χ3v) is 5.97. The van der Waals surface area contributed by atoms with Crippen LogP contribution in [0.5, 0.6) is 23.1 Å². The molecule has 4 heterocycles. The largest absolute Gasteiger partial charge is 0.490 e. The number of esters is 1. The molecule has 3 aromatic rings. The fourth-order valence-electron chi connectivity index (χ4n) is 4.19. The smallest absolute Gasteiger partial charge is 0.306 e. The second-order valence-corrected chi connectivity index (χ2v) is 8.53. The Morgan fingerprint density at radius 1 is 1.11 bits per heavy atom. The van der Waals surface area contributed by atoms with E-state index in [-0.39, 0.29) is 25.1 Å². The molecular formula is C26H29N3O7. The summed E-state index contributed by atoms with van der Waals surface area (Å²) < 4.78 is 33.1. The van der Waals surface area contributed by atoms with E-state index in [0.717, 1.165) is 35.8 Å². The first-order valence-electron chi connectivity index (χ1n) is 12.2. The summed E-state index contributed by atoms with van der Waals surface area (Å²) in [5, 5.41) is 7.33. The van der Waals surface area contributed by atoms with Crippen LogP contribution < -0.4 is 24.3 Å². The van der Waals surface area contributed by atoms with Crippen LogP contribution in [0.3, 0.4) is 0 Å². The summed E-state index contributed by atoms with van der Waals surface area (Å²) in [5.74, 6) is 3.45. The van der Waals surface area contributed by atoms with Crippen LogP contribution in [0.15, 0.2) is 40.9 Å². The molecule has 1 N–H and O–H groups in total. The van der Waals surface area contributed by atoms with E-state index < -0.39 is 0 Å². The Bertz CT molecular complexity index is 1200. The minimum absolute atomic E-state index is 0.183. The number of nitrogens with one attached hydrogen (secondary N) is 1. The van der Waals surface area contributed by atoms with Crippen molar-refractivity contribution >= 4 is 11.8 Å². The van der Waals surface area contributed by atoms with Gasteiger partial charge in [-0.2, -0.15) is 0 Å². The molecule has 0 radical (unpaired) electrons. The van der Waals surface area contributed by atoms with Crippen LogP contribution in [-0.4, -0.2) is 49.3 Å². The highest BCUT2D eigenvalue weighted by atomic mass is 16.7. The van der Waals surface area contributed by atoms with E-state index in [9.17, 15) is 4.79 Å². The number of anilines is 1. The number of hydrogen-bond acceptors (Lipinski definition) is 10. The first-order chi connectivity index (χ1) is 17.7. The number of fused-ring (bicyclic) bond motifs is 2. The summed E-state index contributed by atoms with van der Waals surface area (Å²) in [4.78, 5) is 16.9. The van der Waals surface area contributed by atoms with Crippen molar-refractivity contribution in [2.75, 3.05) is 38.5 Å². The van der Waals surface area contributed by atoms with Crippen LogP contribution in [0.25, 0.3) is 0 Å². The number of nitrogens with zero attached hydrogens (tertiary/aromatic N) is 2. The maximum absolute atomic E-state index is 12.3. The first kappa shape index (κ1) is 23.8. The highest BCUT2D eigenvalue weighted by Gasteiger charge is 2.23. The predicted octanol–water partition coefficient (Wildman–Crippen LogP) is 3.89. The minimum Gasteiger partial charge on any atom is -0.490 e. The zero-order chi connectivity index (χ0) is 24.7. The predicted molar refractivity (Wildman–Crippen MR) is 129 cm³/mol. The lowest BCUT2D eigenvalue weighted by Gasteiger charge is -2.15. The van der Waals surface area contributed by atoms with Crippen LogP contribution in [0.2, 0.25) is 0 Å². The molecule has 0 amide bonds. The monoisotopic (exact) mass is 495 g/mol. The van der Waals surface area contributed by atoms with Gasteiger partial charge in [-0.15, -0.1) is 0 Å². The van der Waals surface area contributed by atoms with Crippen molar-refractivity contribution in [1.29, 1.82) is 0 Å². The molecule has 2 aliphatic heterocycles. The van der Waals surface area contributed by atoms with Crippen LogP contribution in [-0.2, 0) is 22.4 Å². The normalized spacial score (nSPS) is 14.7. The number of aromatic nitrogens is 2. The third-order valence-electron chi connectivity index (χ3n) is 5.97. The zero-order valence-corrected chi connectivity index (χ0v) is 20.2. The second kappa shape index (κ2) is 11.2. The molecule has 5 rings (SSSR count). The fourth-order valence-corrected chi connectivity index (χ4v) is 4.19. The highest BCUT2D eigenvalue weighted by Crippen LogP contribution is 2.37. The van der Waals surface area contributed by atoms with Gasteiger partial charge in [0, 0.05) is 37.1 Å². The van der Waals surface area contributed by atoms with Crippen molar-refractivity contribution in [3.63, 3.8) is 0 Å². The van der Waals surface area contributed by atoms with Gasteiger partial charge in [0.2, 0.25) is 6.79 Å². The molecule has 36 heavy (non-hydrogen) atoms. The van der Waals surface area contributed by atoms with Gasteiger partial charge in [0.1, 0.15) is 5.76 Å². The van der Waals surface area contributed by atoms with Gasteiger partial charge in [-0.3, -0.25) is 4.79 Å².